The normalized spacial score (nSPS) is 21.6. The second kappa shape index (κ2) is 13.2. The summed E-state index contributed by atoms with van der Waals surface area (Å²) in [5.74, 6) is 0.613. The van der Waals surface area contributed by atoms with Gasteiger partial charge in [0.05, 0.1) is 25.3 Å². The molecule has 2 unspecified atom stereocenters. The van der Waals surface area contributed by atoms with Gasteiger partial charge in [-0.1, -0.05) is 24.3 Å². The molecule has 1 amide bonds. The number of aliphatic hydroxyl groups excluding tert-OH is 1. The van der Waals surface area contributed by atoms with Crippen LogP contribution in [0.2, 0.25) is 0 Å². The molecule has 1 aromatic carbocycles. The molecule has 3 N–H and O–H groups in total. The number of β-amino-alcohol motifs (C(OH)–C–C–N with tert-alkyl or cyclic N) is 1. The van der Waals surface area contributed by atoms with E-state index in [9.17, 15) is 9.90 Å². The van der Waals surface area contributed by atoms with Gasteiger partial charge in [0.25, 0.3) is 0 Å². The van der Waals surface area contributed by atoms with Crippen molar-refractivity contribution in [3.8, 4) is 0 Å². The number of nitrogens with one attached hydrogen (secondary N) is 2. The summed E-state index contributed by atoms with van der Waals surface area (Å²) in [5, 5.41) is 16.3. The average Bonchev–Trinajstić information content (AvgIpc) is 3.39. The number of carbonyl (C=O) groups excluding carboxylic acids is 1. The fraction of sp³-hybridized carbons (Fsp3) is 0.636. The number of likely N-dealkylation sites (N-methyl/N-ethyl adjacent to an activating group) is 1. The van der Waals surface area contributed by atoms with E-state index in [2.05, 4.69) is 27.7 Å². The number of aliphatic imine (C=N–C) groups is 1. The maximum absolute atomic E-state index is 12.0. The molecule has 174 valence electrons. The van der Waals surface area contributed by atoms with Crippen LogP contribution in [0.3, 0.4) is 0 Å². The topological polar surface area (TPSA) is 89.4 Å². The Hall–Kier alpha value is -1.43. The van der Waals surface area contributed by atoms with Gasteiger partial charge in [-0.05, 0) is 30.4 Å². The quantitative estimate of drug-likeness (QED) is 0.258. The van der Waals surface area contributed by atoms with Crippen molar-refractivity contribution in [2.45, 2.75) is 44.6 Å². The summed E-state index contributed by atoms with van der Waals surface area (Å²) in [6, 6.07) is 8.28. The zero-order valence-electron chi connectivity index (χ0n) is 18.5. The standard InChI is InChI=1S/C22H35N5O3.HI/c1-26(2)21(29)14-25-22(24-13-20-8-5-11-30-20)23-12-17-6-3-4-7-18(17)15-27-10-9-19(28)16-27;/h3-4,6-7,19-20,28H,5,8-16H2,1-2H3,(H2,23,24,25);1H. The lowest BCUT2D eigenvalue weighted by Gasteiger charge is -2.18. The van der Waals surface area contributed by atoms with E-state index in [4.69, 9.17) is 9.73 Å². The second-order valence-electron chi connectivity index (χ2n) is 8.27. The lowest BCUT2D eigenvalue weighted by Crippen LogP contribution is -2.45. The average molecular weight is 545 g/mol. The number of rotatable bonds is 8. The third-order valence-corrected chi connectivity index (χ3v) is 5.59. The van der Waals surface area contributed by atoms with Crippen LogP contribution >= 0.6 is 24.0 Å². The summed E-state index contributed by atoms with van der Waals surface area (Å²) >= 11 is 0. The number of ether oxygens (including phenoxy) is 1. The van der Waals surface area contributed by atoms with Crippen LogP contribution in [-0.2, 0) is 22.6 Å². The zero-order chi connectivity index (χ0) is 21.3. The zero-order valence-corrected chi connectivity index (χ0v) is 20.9. The summed E-state index contributed by atoms with van der Waals surface area (Å²) in [7, 11) is 3.48. The predicted octanol–water partition coefficient (Wildman–Crippen LogP) is 1.17. The Kier molecular flexibility index (Phi) is 11.0. The minimum Gasteiger partial charge on any atom is -0.392 e. The smallest absolute Gasteiger partial charge is 0.241 e. The first-order valence-electron chi connectivity index (χ1n) is 10.8. The maximum atomic E-state index is 12.0. The molecule has 0 spiro atoms. The van der Waals surface area contributed by atoms with Crippen LogP contribution in [-0.4, -0.2) is 85.9 Å². The molecule has 2 saturated heterocycles. The molecule has 2 fully saturated rings. The van der Waals surface area contributed by atoms with E-state index in [-0.39, 0.29) is 48.6 Å². The summed E-state index contributed by atoms with van der Waals surface area (Å²) in [5.41, 5.74) is 2.37. The molecule has 2 aliphatic rings. The molecular formula is C22H36IN5O3. The van der Waals surface area contributed by atoms with Gasteiger partial charge in [0, 0.05) is 46.9 Å². The first-order valence-corrected chi connectivity index (χ1v) is 10.8. The van der Waals surface area contributed by atoms with Crippen molar-refractivity contribution >= 4 is 35.8 Å². The minimum absolute atomic E-state index is 0. The van der Waals surface area contributed by atoms with Gasteiger partial charge in [-0.25, -0.2) is 4.99 Å². The van der Waals surface area contributed by atoms with Gasteiger partial charge in [-0.2, -0.15) is 0 Å². The first-order chi connectivity index (χ1) is 14.5. The van der Waals surface area contributed by atoms with Crippen molar-refractivity contribution in [1.29, 1.82) is 0 Å². The highest BCUT2D eigenvalue weighted by molar-refractivity contribution is 14.0. The molecule has 0 radical (unpaired) electrons. The molecule has 1 aromatic rings. The lowest BCUT2D eigenvalue weighted by molar-refractivity contribution is -0.127. The number of hydrogen-bond acceptors (Lipinski definition) is 5. The fourth-order valence-corrected chi connectivity index (χ4v) is 3.73. The van der Waals surface area contributed by atoms with Gasteiger partial charge >= 0.3 is 0 Å². The van der Waals surface area contributed by atoms with E-state index in [0.29, 0.717) is 19.0 Å². The van der Waals surface area contributed by atoms with Crippen LogP contribution in [0.1, 0.15) is 30.4 Å². The number of halogens is 1. The molecule has 0 aliphatic carbocycles. The van der Waals surface area contributed by atoms with E-state index < -0.39 is 0 Å². The van der Waals surface area contributed by atoms with Crippen molar-refractivity contribution in [3.63, 3.8) is 0 Å². The predicted molar refractivity (Wildman–Crippen MR) is 133 cm³/mol. The minimum atomic E-state index is -0.220. The Morgan fingerprint density at radius 1 is 1.26 bits per heavy atom. The van der Waals surface area contributed by atoms with E-state index in [1.165, 1.54) is 5.56 Å². The van der Waals surface area contributed by atoms with Crippen LogP contribution in [0.15, 0.2) is 29.3 Å². The van der Waals surface area contributed by atoms with Crippen molar-refractivity contribution < 1.29 is 14.6 Å². The van der Waals surface area contributed by atoms with Crippen molar-refractivity contribution in [1.82, 2.24) is 20.4 Å². The number of nitrogens with zero attached hydrogens (tertiary/aromatic N) is 3. The third-order valence-electron chi connectivity index (χ3n) is 5.59. The first kappa shape index (κ1) is 25.8. The molecule has 0 aromatic heterocycles. The molecule has 31 heavy (non-hydrogen) atoms. The molecule has 9 heteroatoms. The van der Waals surface area contributed by atoms with Crippen LogP contribution < -0.4 is 10.6 Å². The van der Waals surface area contributed by atoms with Gasteiger partial charge in [0.2, 0.25) is 5.91 Å². The van der Waals surface area contributed by atoms with Crippen LogP contribution in [0.4, 0.5) is 0 Å². The summed E-state index contributed by atoms with van der Waals surface area (Å²) in [6.45, 7) is 4.65. The third kappa shape index (κ3) is 8.55. The molecule has 2 heterocycles. The Balaban J connectivity index is 0.00000341. The Morgan fingerprint density at radius 3 is 2.68 bits per heavy atom. The molecule has 0 saturated carbocycles. The van der Waals surface area contributed by atoms with Gasteiger partial charge < -0.3 is 25.4 Å². The van der Waals surface area contributed by atoms with E-state index in [1.807, 2.05) is 12.1 Å². The highest BCUT2D eigenvalue weighted by atomic mass is 127. The number of guanidine groups is 1. The highest BCUT2D eigenvalue weighted by Gasteiger charge is 2.21. The van der Waals surface area contributed by atoms with Crippen molar-refractivity contribution in [2.24, 2.45) is 4.99 Å². The van der Waals surface area contributed by atoms with Gasteiger partial charge in [0.15, 0.2) is 5.96 Å². The highest BCUT2D eigenvalue weighted by Crippen LogP contribution is 2.17. The van der Waals surface area contributed by atoms with Crippen LogP contribution in [0, 0.1) is 0 Å². The lowest BCUT2D eigenvalue weighted by atomic mass is 10.1. The van der Waals surface area contributed by atoms with Gasteiger partial charge in [-0.15, -0.1) is 24.0 Å². The summed E-state index contributed by atoms with van der Waals surface area (Å²) in [4.78, 5) is 20.6. The number of amides is 1. The van der Waals surface area contributed by atoms with Crippen LogP contribution in [0.5, 0.6) is 0 Å². The van der Waals surface area contributed by atoms with Crippen molar-refractivity contribution in [2.75, 3.05) is 46.9 Å². The van der Waals surface area contributed by atoms with Crippen LogP contribution in [0.25, 0.3) is 0 Å². The Bertz CT molecular complexity index is 725. The SMILES string of the molecule is CN(C)C(=O)CNC(=NCc1ccccc1CN1CCC(O)C1)NCC1CCCO1.I. The number of carbonyl (C=O) groups is 1. The summed E-state index contributed by atoms with van der Waals surface area (Å²) < 4.78 is 5.69. The monoisotopic (exact) mass is 545 g/mol. The number of likely N-dealkylation sites (tertiary alicyclic amines) is 1. The van der Waals surface area contributed by atoms with E-state index >= 15 is 0 Å². The van der Waals surface area contributed by atoms with Gasteiger partial charge in [-0.3, -0.25) is 9.69 Å². The second-order valence-corrected chi connectivity index (χ2v) is 8.27. The van der Waals surface area contributed by atoms with Gasteiger partial charge in [0.1, 0.15) is 0 Å². The molecule has 2 atom stereocenters. The van der Waals surface area contributed by atoms with E-state index in [1.54, 1.807) is 19.0 Å². The number of aliphatic hydroxyl groups is 1. The largest absolute Gasteiger partial charge is 0.392 e. The fourth-order valence-electron chi connectivity index (χ4n) is 3.73. The maximum Gasteiger partial charge on any atom is 0.241 e. The molecule has 8 nitrogen and oxygen atoms in total. The Morgan fingerprint density at radius 2 is 2.03 bits per heavy atom. The molecule has 3 rings (SSSR count). The number of hydrogen-bond donors (Lipinski definition) is 3. The molecule has 2 aliphatic heterocycles. The Labute approximate surface area is 202 Å². The molecular weight excluding hydrogens is 509 g/mol. The number of benzene rings is 1. The summed E-state index contributed by atoms with van der Waals surface area (Å²) in [6.07, 6.45) is 2.94. The van der Waals surface area contributed by atoms with E-state index in [0.717, 1.165) is 51.1 Å². The molecule has 0 bridgehead atoms. The van der Waals surface area contributed by atoms with Crippen molar-refractivity contribution in [3.05, 3.63) is 35.4 Å².